The molecule has 2 rings (SSSR count). The van der Waals surface area contributed by atoms with Crippen molar-refractivity contribution < 1.29 is 19.2 Å². The minimum absolute atomic E-state index is 0.00461. The van der Waals surface area contributed by atoms with Gasteiger partial charge in [-0.25, -0.2) is 4.79 Å². The SMILES string of the molecule is O=C(NCCC1=CCCCC1)c1cc(C(=O)O)on1. The van der Waals surface area contributed by atoms with Crippen LogP contribution in [0.2, 0.25) is 0 Å². The van der Waals surface area contributed by atoms with Gasteiger partial charge in [-0.05, 0) is 32.1 Å². The summed E-state index contributed by atoms with van der Waals surface area (Å²) in [5.41, 5.74) is 1.37. The van der Waals surface area contributed by atoms with Crippen LogP contribution >= 0.6 is 0 Å². The quantitative estimate of drug-likeness (QED) is 0.793. The van der Waals surface area contributed by atoms with E-state index in [9.17, 15) is 9.59 Å². The fraction of sp³-hybridized carbons (Fsp3) is 0.462. The van der Waals surface area contributed by atoms with E-state index in [4.69, 9.17) is 5.11 Å². The summed E-state index contributed by atoms with van der Waals surface area (Å²) in [5.74, 6) is -1.98. The number of nitrogens with zero attached hydrogens (tertiary/aromatic N) is 1. The molecule has 0 saturated heterocycles. The number of rotatable bonds is 5. The molecule has 6 heteroatoms. The number of nitrogens with one attached hydrogen (secondary N) is 1. The van der Waals surface area contributed by atoms with Crippen molar-refractivity contribution in [2.75, 3.05) is 6.54 Å². The van der Waals surface area contributed by atoms with Crippen LogP contribution in [-0.2, 0) is 0 Å². The maximum absolute atomic E-state index is 11.7. The van der Waals surface area contributed by atoms with Crippen LogP contribution in [0.1, 0.15) is 53.1 Å². The summed E-state index contributed by atoms with van der Waals surface area (Å²) < 4.78 is 4.52. The van der Waals surface area contributed by atoms with Crippen LogP contribution in [0.15, 0.2) is 22.2 Å². The van der Waals surface area contributed by atoms with E-state index in [0.29, 0.717) is 6.54 Å². The predicted octanol–water partition coefficient (Wildman–Crippen LogP) is 1.99. The lowest BCUT2D eigenvalue weighted by molar-refractivity contribution is 0.0651. The Kier molecular flexibility index (Phi) is 4.33. The number of aromatic carboxylic acids is 1. The van der Waals surface area contributed by atoms with Crippen molar-refractivity contribution in [1.29, 1.82) is 0 Å². The molecule has 1 aromatic heterocycles. The molecule has 0 atom stereocenters. The lowest BCUT2D eigenvalue weighted by Crippen LogP contribution is -2.25. The standard InChI is InChI=1S/C13H16N2O4/c16-12(10-8-11(13(17)18)19-15-10)14-7-6-9-4-2-1-3-5-9/h4,8H,1-3,5-7H2,(H,14,16)(H,17,18). The van der Waals surface area contributed by atoms with Gasteiger partial charge in [-0.2, -0.15) is 0 Å². The second-order valence-electron chi connectivity index (χ2n) is 4.50. The summed E-state index contributed by atoms with van der Waals surface area (Å²) in [6.07, 6.45) is 7.74. The number of carboxylic acids is 1. The van der Waals surface area contributed by atoms with Crippen LogP contribution in [-0.4, -0.2) is 28.7 Å². The molecule has 0 fully saturated rings. The van der Waals surface area contributed by atoms with Crippen molar-refractivity contribution in [1.82, 2.24) is 10.5 Å². The van der Waals surface area contributed by atoms with E-state index in [-0.39, 0.29) is 11.5 Å². The number of hydrogen-bond acceptors (Lipinski definition) is 4. The Morgan fingerprint density at radius 1 is 1.42 bits per heavy atom. The Balaban J connectivity index is 1.80. The molecule has 0 saturated carbocycles. The molecule has 0 unspecified atom stereocenters. The van der Waals surface area contributed by atoms with E-state index in [1.54, 1.807) is 0 Å². The van der Waals surface area contributed by atoms with Gasteiger partial charge >= 0.3 is 5.97 Å². The fourth-order valence-electron chi connectivity index (χ4n) is 2.04. The molecule has 2 N–H and O–H groups in total. The number of allylic oxidation sites excluding steroid dienone is 1. The molecular formula is C13H16N2O4. The number of carboxylic acid groups (broad SMARTS) is 1. The molecule has 0 aliphatic heterocycles. The Morgan fingerprint density at radius 2 is 2.26 bits per heavy atom. The minimum Gasteiger partial charge on any atom is -0.475 e. The van der Waals surface area contributed by atoms with E-state index in [2.05, 4.69) is 21.1 Å². The topological polar surface area (TPSA) is 92.4 Å². The van der Waals surface area contributed by atoms with E-state index in [1.807, 2.05) is 0 Å². The molecule has 1 aliphatic rings. The normalized spacial score (nSPS) is 14.8. The van der Waals surface area contributed by atoms with Crippen molar-refractivity contribution in [3.8, 4) is 0 Å². The summed E-state index contributed by atoms with van der Waals surface area (Å²) in [4.78, 5) is 22.3. The Labute approximate surface area is 110 Å². The summed E-state index contributed by atoms with van der Waals surface area (Å²) in [6, 6.07) is 1.12. The van der Waals surface area contributed by atoms with Gasteiger partial charge in [0.1, 0.15) is 0 Å². The summed E-state index contributed by atoms with van der Waals surface area (Å²) >= 11 is 0. The van der Waals surface area contributed by atoms with Crippen molar-refractivity contribution in [3.63, 3.8) is 0 Å². The molecule has 6 nitrogen and oxygen atoms in total. The number of carbonyl (C=O) groups is 2. The molecule has 1 aliphatic carbocycles. The van der Waals surface area contributed by atoms with E-state index < -0.39 is 11.9 Å². The van der Waals surface area contributed by atoms with Crippen LogP contribution in [0.5, 0.6) is 0 Å². The van der Waals surface area contributed by atoms with Crippen LogP contribution in [0.25, 0.3) is 0 Å². The number of carbonyl (C=O) groups excluding carboxylic acids is 1. The zero-order valence-corrected chi connectivity index (χ0v) is 10.5. The highest BCUT2D eigenvalue weighted by molar-refractivity contribution is 5.94. The molecule has 0 aromatic carbocycles. The van der Waals surface area contributed by atoms with Crippen LogP contribution in [0, 0.1) is 0 Å². The van der Waals surface area contributed by atoms with Crippen molar-refractivity contribution in [3.05, 3.63) is 29.2 Å². The monoisotopic (exact) mass is 264 g/mol. The van der Waals surface area contributed by atoms with Gasteiger partial charge in [0.25, 0.3) is 5.91 Å². The van der Waals surface area contributed by atoms with Crippen LogP contribution < -0.4 is 5.32 Å². The summed E-state index contributed by atoms with van der Waals surface area (Å²) in [7, 11) is 0. The lowest BCUT2D eigenvalue weighted by Gasteiger charge is -2.12. The predicted molar refractivity (Wildman–Crippen MR) is 67.0 cm³/mol. The molecular weight excluding hydrogens is 248 g/mol. The molecule has 0 spiro atoms. The zero-order chi connectivity index (χ0) is 13.7. The number of hydrogen-bond donors (Lipinski definition) is 2. The largest absolute Gasteiger partial charge is 0.475 e. The van der Waals surface area contributed by atoms with Gasteiger partial charge in [0.15, 0.2) is 5.69 Å². The van der Waals surface area contributed by atoms with Crippen LogP contribution in [0.3, 0.4) is 0 Å². The molecule has 1 heterocycles. The third kappa shape index (κ3) is 3.67. The molecule has 102 valence electrons. The first-order chi connectivity index (χ1) is 9.16. The average molecular weight is 264 g/mol. The second kappa shape index (κ2) is 6.17. The van der Waals surface area contributed by atoms with Gasteiger partial charge in [-0.1, -0.05) is 16.8 Å². The molecule has 1 amide bonds. The van der Waals surface area contributed by atoms with Gasteiger partial charge < -0.3 is 14.9 Å². The highest BCUT2D eigenvalue weighted by Gasteiger charge is 2.16. The molecule has 1 aromatic rings. The minimum atomic E-state index is -1.24. The summed E-state index contributed by atoms with van der Waals surface area (Å²) in [5, 5.41) is 14.8. The van der Waals surface area contributed by atoms with Crippen molar-refractivity contribution >= 4 is 11.9 Å². The maximum Gasteiger partial charge on any atom is 0.374 e. The first kappa shape index (κ1) is 13.3. The third-order valence-corrected chi connectivity index (χ3v) is 3.07. The van der Waals surface area contributed by atoms with E-state index >= 15 is 0 Å². The Morgan fingerprint density at radius 3 is 2.89 bits per heavy atom. The van der Waals surface area contributed by atoms with Crippen molar-refractivity contribution in [2.45, 2.75) is 32.1 Å². The Hall–Kier alpha value is -2.11. The van der Waals surface area contributed by atoms with Crippen LogP contribution in [0.4, 0.5) is 0 Å². The summed E-state index contributed by atoms with van der Waals surface area (Å²) in [6.45, 7) is 0.528. The smallest absolute Gasteiger partial charge is 0.374 e. The lowest BCUT2D eigenvalue weighted by atomic mass is 9.97. The highest BCUT2D eigenvalue weighted by atomic mass is 16.5. The zero-order valence-electron chi connectivity index (χ0n) is 10.5. The second-order valence-corrected chi connectivity index (χ2v) is 4.50. The van der Waals surface area contributed by atoms with Gasteiger partial charge in [0.05, 0.1) is 0 Å². The Bertz CT molecular complexity index is 504. The van der Waals surface area contributed by atoms with E-state index in [0.717, 1.165) is 25.3 Å². The highest BCUT2D eigenvalue weighted by Crippen LogP contribution is 2.19. The molecule has 0 radical (unpaired) electrons. The van der Waals surface area contributed by atoms with Gasteiger partial charge in [-0.15, -0.1) is 0 Å². The van der Waals surface area contributed by atoms with Crippen molar-refractivity contribution in [2.24, 2.45) is 0 Å². The number of aromatic nitrogens is 1. The molecule has 0 bridgehead atoms. The maximum atomic E-state index is 11.7. The average Bonchev–Trinajstić information content (AvgIpc) is 2.89. The number of amides is 1. The first-order valence-corrected chi connectivity index (χ1v) is 6.33. The van der Waals surface area contributed by atoms with Gasteiger partial charge in [0, 0.05) is 12.6 Å². The molecule has 19 heavy (non-hydrogen) atoms. The van der Waals surface area contributed by atoms with E-state index in [1.165, 1.54) is 18.4 Å². The van der Waals surface area contributed by atoms with Gasteiger partial charge in [-0.3, -0.25) is 4.79 Å². The van der Waals surface area contributed by atoms with Gasteiger partial charge in [0.2, 0.25) is 5.76 Å². The fourth-order valence-corrected chi connectivity index (χ4v) is 2.04. The first-order valence-electron chi connectivity index (χ1n) is 6.33. The third-order valence-electron chi connectivity index (χ3n) is 3.07.